The molecule has 2 aromatic heterocycles. The average molecular weight is 804 g/mol. The summed E-state index contributed by atoms with van der Waals surface area (Å²) < 4.78 is 43.2. The van der Waals surface area contributed by atoms with E-state index in [0.717, 1.165) is 18.4 Å². The van der Waals surface area contributed by atoms with Crippen molar-refractivity contribution in [1.82, 2.24) is 14.6 Å². The lowest BCUT2D eigenvalue weighted by atomic mass is 9.92. The number of aliphatic hydroxyl groups is 2. The normalized spacial score (nSPS) is 21.6. The predicted octanol–water partition coefficient (Wildman–Crippen LogP) is 7.33. The van der Waals surface area contributed by atoms with Gasteiger partial charge in [-0.05, 0) is 24.1 Å². The number of hydrogen-bond donors (Lipinski definition) is 4. The van der Waals surface area contributed by atoms with Crippen LogP contribution in [0, 0.1) is 0 Å². The summed E-state index contributed by atoms with van der Waals surface area (Å²) in [6.45, 7) is 2.40. The molecule has 1 aliphatic heterocycles. The molecule has 3 heterocycles. The number of nitrogen functional groups attached to an aromatic ring is 1. The number of ether oxygens (including phenoxy) is 3. The van der Waals surface area contributed by atoms with Gasteiger partial charge in [0, 0.05) is 19.9 Å². The third-order valence-electron chi connectivity index (χ3n) is 10.3. The number of unbranched alkanes of at least 4 members (excludes halogenated alkanes) is 15. The first-order valence-electron chi connectivity index (χ1n) is 20.6. The Bertz CT molecular complexity index is 1600. The van der Waals surface area contributed by atoms with Crippen molar-refractivity contribution in [2.75, 3.05) is 39.2 Å². The fourth-order valence-corrected chi connectivity index (χ4v) is 7.85. The molecule has 56 heavy (non-hydrogen) atoms. The highest BCUT2D eigenvalue weighted by molar-refractivity contribution is 7.47. The van der Waals surface area contributed by atoms with E-state index < -0.39 is 44.4 Å². The van der Waals surface area contributed by atoms with Crippen molar-refractivity contribution in [1.29, 1.82) is 0 Å². The second-order valence-corrected chi connectivity index (χ2v) is 16.2. The zero-order valence-corrected chi connectivity index (χ0v) is 34.4. The van der Waals surface area contributed by atoms with Crippen molar-refractivity contribution in [3.05, 3.63) is 60.0 Å². The molecule has 1 saturated heterocycles. The second-order valence-electron chi connectivity index (χ2n) is 14.8. The fourth-order valence-electron chi connectivity index (χ4n) is 7.09. The first kappa shape index (κ1) is 45.9. The van der Waals surface area contributed by atoms with E-state index in [1.54, 1.807) is 12.1 Å². The van der Waals surface area contributed by atoms with E-state index >= 15 is 0 Å². The van der Waals surface area contributed by atoms with Gasteiger partial charge in [-0.2, -0.15) is 5.10 Å². The van der Waals surface area contributed by atoms with Crippen molar-refractivity contribution < 1.29 is 42.9 Å². The summed E-state index contributed by atoms with van der Waals surface area (Å²) in [6, 6.07) is 12.9. The number of aromatic nitrogens is 3. The minimum absolute atomic E-state index is 0.167. The standard InChI is InChI=1S/C41H66N5O9P/c1-3-4-5-6-7-8-9-10-11-12-13-14-15-16-17-21-26-51-28-34(52-27-33-22-19-18-20-23-33)29-53-56(49,50)54-30-36-38(47)39(48)41(55-36,31-43-2)37-25-24-35-40(42)44-32-45-46(35)37/h18-20,22-25,31-32,34,36,38-39,47-48H,3-17,21,26-30H2,1-2H3,(H,49,50)(H2,42,44,45)/b43-31+/t34-,36-,38-,39-,41+/m1/s1. The lowest BCUT2D eigenvalue weighted by Gasteiger charge is -2.27. The fraction of sp³-hybridized carbons (Fsp3) is 0.683. The maximum absolute atomic E-state index is 13.1. The number of phosphoric acid groups is 1. The van der Waals surface area contributed by atoms with E-state index in [9.17, 15) is 19.7 Å². The highest BCUT2D eigenvalue weighted by Gasteiger charge is 2.56. The van der Waals surface area contributed by atoms with Gasteiger partial charge in [0.2, 0.25) is 0 Å². The number of nitrogens with zero attached hydrogens (tertiary/aromatic N) is 4. The molecule has 6 atom stereocenters. The topological polar surface area (TPSA) is 192 Å². The van der Waals surface area contributed by atoms with Crippen LogP contribution in [0.3, 0.4) is 0 Å². The first-order chi connectivity index (χ1) is 27.2. The zero-order valence-electron chi connectivity index (χ0n) is 33.5. The molecule has 1 unspecified atom stereocenters. The van der Waals surface area contributed by atoms with E-state index in [2.05, 4.69) is 22.0 Å². The van der Waals surface area contributed by atoms with Gasteiger partial charge in [-0.15, -0.1) is 0 Å². The van der Waals surface area contributed by atoms with Crippen LogP contribution in [0.1, 0.15) is 121 Å². The third kappa shape index (κ3) is 14.6. The van der Waals surface area contributed by atoms with Crippen LogP contribution in [0.15, 0.2) is 53.8 Å². The Morgan fingerprint density at radius 1 is 0.911 bits per heavy atom. The van der Waals surface area contributed by atoms with Crippen LogP contribution in [0.25, 0.3) is 5.52 Å². The molecule has 0 spiro atoms. The number of nitrogens with two attached hydrogens (primary N) is 1. The van der Waals surface area contributed by atoms with Crippen LogP contribution < -0.4 is 5.73 Å². The molecule has 0 amide bonds. The van der Waals surface area contributed by atoms with Gasteiger partial charge in [0.1, 0.15) is 36.3 Å². The van der Waals surface area contributed by atoms with Crippen LogP contribution in [0.5, 0.6) is 0 Å². The van der Waals surface area contributed by atoms with E-state index in [1.165, 1.54) is 114 Å². The molecular formula is C41H66N5O9P. The van der Waals surface area contributed by atoms with Crippen molar-refractivity contribution in [2.24, 2.45) is 4.99 Å². The molecule has 0 bridgehead atoms. The highest BCUT2D eigenvalue weighted by atomic mass is 31.2. The predicted molar refractivity (Wildman–Crippen MR) is 217 cm³/mol. The molecule has 1 fully saturated rings. The number of aliphatic imine (C=N–C) groups is 1. The van der Waals surface area contributed by atoms with Crippen LogP contribution in [-0.4, -0.2) is 93.8 Å². The van der Waals surface area contributed by atoms with Crippen LogP contribution >= 0.6 is 7.82 Å². The zero-order chi connectivity index (χ0) is 40.1. The van der Waals surface area contributed by atoms with Crippen molar-refractivity contribution in [2.45, 2.75) is 146 Å². The number of benzene rings is 1. The number of phosphoric ester groups is 1. The molecule has 15 heteroatoms. The molecule has 0 saturated carbocycles. The molecule has 314 valence electrons. The molecule has 0 aliphatic carbocycles. The van der Waals surface area contributed by atoms with E-state index in [-0.39, 0.29) is 25.6 Å². The van der Waals surface area contributed by atoms with Crippen LogP contribution in [-0.2, 0) is 40.0 Å². The van der Waals surface area contributed by atoms with Crippen LogP contribution in [0.2, 0.25) is 0 Å². The van der Waals surface area contributed by atoms with Crippen molar-refractivity contribution >= 4 is 25.4 Å². The monoisotopic (exact) mass is 803 g/mol. The molecule has 0 radical (unpaired) electrons. The Balaban J connectivity index is 1.17. The molecule has 4 rings (SSSR count). The highest BCUT2D eigenvalue weighted by Crippen LogP contribution is 2.46. The van der Waals surface area contributed by atoms with E-state index in [0.29, 0.717) is 17.8 Å². The Morgan fingerprint density at radius 2 is 1.54 bits per heavy atom. The Kier molecular flexibility index (Phi) is 20.4. The van der Waals surface area contributed by atoms with Gasteiger partial charge < -0.3 is 35.1 Å². The van der Waals surface area contributed by atoms with Gasteiger partial charge in [-0.25, -0.2) is 14.1 Å². The van der Waals surface area contributed by atoms with Gasteiger partial charge >= 0.3 is 7.82 Å². The summed E-state index contributed by atoms with van der Waals surface area (Å²) in [5.74, 6) is 0.206. The second kappa shape index (κ2) is 24.9. The van der Waals surface area contributed by atoms with Gasteiger partial charge in [0.15, 0.2) is 11.4 Å². The van der Waals surface area contributed by atoms with Crippen molar-refractivity contribution in [3.63, 3.8) is 0 Å². The summed E-state index contributed by atoms with van der Waals surface area (Å²) in [6.07, 6.45) is 18.4. The summed E-state index contributed by atoms with van der Waals surface area (Å²) in [7, 11) is -3.18. The third-order valence-corrected chi connectivity index (χ3v) is 11.2. The number of rotatable bonds is 30. The lowest BCUT2D eigenvalue weighted by molar-refractivity contribution is -0.0626. The molecule has 5 N–H and O–H groups in total. The quantitative estimate of drug-likeness (QED) is 0.0299. The average Bonchev–Trinajstić information content (AvgIpc) is 3.74. The number of anilines is 1. The minimum atomic E-state index is -4.67. The molecule has 3 aromatic rings. The number of aliphatic hydroxyl groups excluding tert-OH is 2. The maximum Gasteiger partial charge on any atom is 0.472 e. The van der Waals surface area contributed by atoms with Crippen molar-refractivity contribution in [3.8, 4) is 0 Å². The Morgan fingerprint density at radius 3 is 2.16 bits per heavy atom. The number of hydrogen-bond acceptors (Lipinski definition) is 12. The first-order valence-corrected chi connectivity index (χ1v) is 22.1. The summed E-state index contributed by atoms with van der Waals surface area (Å²) in [5, 5.41) is 26.4. The van der Waals surface area contributed by atoms with Gasteiger partial charge in [0.25, 0.3) is 0 Å². The summed E-state index contributed by atoms with van der Waals surface area (Å²) in [4.78, 5) is 18.7. The molecule has 1 aromatic carbocycles. The Labute approximate surface area is 332 Å². The lowest BCUT2D eigenvalue weighted by Crippen LogP contribution is -2.43. The number of fused-ring (bicyclic) bond motifs is 1. The van der Waals surface area contributed by atoms with Crippen LogP contribution in [0.4, 0.5) is 5.82 Å². The minimum Gasteiger partial charge on any atom is -0.387 e. The SMILES string of the molecule is CCCCCCCCCCCCCCCCCCOC[C@H](COP(=O)(O)OC[C@H]1O[C@@](/C=N/C)(c2ccc3c(N)ncnn23)[C@H](O)[C@@H]1O)OCc1ccccc1. The van der Waals surface area contributed by atoms with E-state index in [1.807, 2.05) is 30.3 Å². The molecule has 14 nitrogen and oxygen atoms in total. The molecular weight excluding hydrogens is 737 g/mol. The van der Waals surface area contributed by atoms with Gasteiger partial charge in [-0.3, -0.25) is 14.0 Å². The van der Waals surface area contributed by atoms with Gasteiger partial charge in [0.05, 0.1) is 32.1 Å². The van der Waals surface area contributed by atoms with Gasteiger partial charge in [-0.1, -0.05) is 134 Å². The largest absolute Gasteiger partial charge is 0.472 e. The Hall–Kier alpha value is -2.78. The smallest absolute Gasteiger partial charge is 0.387 e. The summed E-state index contributed by atoms with van der Waals surface area (Å²) in [5.41, 5.74) is 6.04. The summed E-state index contributed by atoms with van der Waals surface area (Å²) >= 11 is 0. The molecule has 1 aliphatic rings. The van der Waals surface area contributed by atoms with E-state index in [4.69, 9.17) is 29.0 Å². The maximum atomic E-state index is 13.1.